The highest BCUT2D eigenvalue weighted by Crippen LogP contribution is 2.19. The van der Waals surface area contributed by atoms with E-state index in [2.05, 4.69) is 10.6 Å². The van der Waals surface area contributed by atoms with Gasteiger partial charge in [0, 0.05) is 6.54 Å². The van der Waals surface area contributed by atoms with E-state index in [9.17, 15) is 14.4 Å². The molecular weight excluding hydrogens is 282 g/mol. The summed E-state index contributed by atoms with van der Waals surface area (Å²) in [6.45, 7) is 3.41. The van der Waals surface area contributed by atoms with Crippen LogP contribution in [0.15, 0.2) is 0 Å². The van der Waals surface area contributed by atoms with Crippen molar-refractivity contribution in [1.82, 2.24) is 10.6 Å². The molecule has 0 bridgehead atoms. The summed E-state index contributed by atoms with van der Waals surface area (Å²) >= 11 is 1.56. The summed E-state index contributed by atoms with van der Waals surface area (Å²) in [4.78, 5) is 33.7. The van der Waals surface area contributed by atoms with Crippen LogP contribution in [0.4, 0.5) is 4.79 Å². The first-order chi connectivity index (χ1) is 9.20. The van der Waals surface area contributed by atoms with E-state index in [1.54, 1.807) is 25.6 Å². The van der Waals surface area contributed by atoms with E-state index in [0.717, 1.165) is 0 Å². The van der Waals surface area contributed by atoms with Crippen molar-refractivity contribution in [2.75, 3.05) is 18.6 Å². The molecule has 1 atom stereocenters. The Kier molecular flexibility index (Phi) is 8.05. The number of rotatable bonds is 9. The fourth-order valence-electron chi connectivity index (χ4n) is 1.40. The summed E-state index contributed by atoms with van der Waals surface area (Å²) in [5.41, 5.74) is 4.12. The number of hydrogen-bond acceptors (Lipinski definition) is 4. The van der Waals surface area contributed by atoms with Gasteiger partial charge in [-0.15, -0.1) is 0 Å². The van der Waals surface area contributed by atoms with Gasteiger partial charge in [0.2, 0.25) is 5.91 Å². The largest absolute Gasteiger partial charge is 0.481 e. The average Bonchev–Trinajstić information content (AvgIpc) is 2.33. The van der Waals surface area contributed by atoms with Crippen molar-refractivity contribution in [3.8, 4) is 0 Å². The molecule has 1 unspecified atom stereocenters. The minimum atomic E-state index is -0.916. The third-order valence-electron chi connectivity index (χ3n) is 2.87. The molecule has 0 heterocycles. The van der Waals surface area contributed by atoms with Crippen LogP contribution in [0.25, 0.3) is 0 Å². The third-order valence-corrected chi connectivity index (χ3v) is 3.52. The van der Waals surface area contributed by atoms with Crippen LogP contribution in [0.1, 0.15) is 26.7 Å². The van der Waals surface area contributed by atoms with Crippen molar-refractivity contribution in [2.24, 2.45) is 11.1 Å². The number of hydrogen-bond donors (Lipinski definition) is 4. The quantitative estimate of drug-likeness (QED) is 0.491. The Morgan fingerprint density at radius 2 is 1.95 bits per heavy atom. The fourth-order valence-corrected chi connectivity index (χ4v) is 1.88. The van der Waals surface area contributed by atoms with Gasteiger partial charge in [-0.05, 0) is 38.7 Å². The molecule has 5 N–H and O–H groups in total. The van der Waals surface area contributed by atoms with E-state index < -0.39 is 23.5 Å². The number of nitrogens with two attached hydrogens (primary N) is 1. The maximum atomic E-state index is 11.9. The number of carboxylic acids is 1. The molecule has 20 heavy (non-hydrogen) atoms. The molecule has 116 valence electrons. The first-order valence-electron chi connectivity index (χ1n) is 6.26. The maximum Gasteiger partial charge on any atom is 0.312 e. The second-order valence-corrected chi connectivity index (χ2v) is 6.06. The third kappa shape index (κ3) is 7.22. The number of urea groups is 1. The minimum Gasteiger partial charge on any atom is -0.481 e. The van der Waals surface area contributed by atoms with Gasteiger partial charge >= 0.3 is 12.0 Å². The Labute approximate surface area is 123 Å². The summed E-state index contributed by atoms with van der Waals surface area (Å²) in [6, 6.07) is -1.44. The minimum absolute atomic E-state index is 0.230. The van der Waals surface area contributed by atoms with Crippen LogP contribution in [0.3, 0.4) is 0 Å². The molecule has 0 fully saturated rings. The predicted octanol–water partition coefficient (Wildman–Crippen LogP) is 0.394. The summed E-state index contributed by atoms with van der Waals surface area (Å²) in [6.07, 6.45) is 2.67. The van der Waals surface area contributed by atoms with E-state index in [1.165, 1.54) is 0 Å². The van der Waals surface area contributed by atoms with Crippen LogP contribution in [0.2, 0.25) is 0 Å². The van der Waals surface area contributed by atoms with E-state index in [-0.39, 0.29) is 12.5 Å². The Morgan fingerprint density at radius 1 is 1.35 bits per heavy atom. The van der Waals surface area contributed by atoms with Crippen molar-refractivity contribution in [2.45, 2.75) is 32.7 Å². The second kappa shape index (κ2) is 8.68. The molecule has 0 aliphatic rings. The zero-order valence-corrected chi connectivity index (χ0v) is 12.9. The fraction of sp³-hybridized carbons (Fsp3) is 0.750. The highest BCUT2D eigenvalue weighted by Gasteiger charge is 2.27. The molecule has 0 radical (unpaired) electrons. The average molecular weight is 305 g/mol. The molecule has 0 aromatic rings. The number of thioether (sulfide) groups is 1. The monoisotopic (exact) mass is 305 g/mol. The number of carboxylic acid groups (broad SMARTS) is 1. The van der Waals surface area contributed by atoms with Gasteiger partial charge in [-0.25, -0.2) is 4.79 Å². The number of carbonyl (C=O) groups excluding carboxylic acids is 2. The van der Waals surface area contributed by atoms with Gasteiger partial charge in [0.25, 0.3) is 0 Å². The van der Waals surface area contributed by atoms with E-state index in [4.69, 9.17) is 10.8 Å². The van der Waals surface area contributed by atoms with Crippen LogP contribution >= 0.6 is 11.8 Å². The molecule has 0 aliphatic heterocycles. The summed E-state index contributed by atoms with van der Waals surface area (Å²) in [7, 11) is 0. The van der Waals surface area contributed by atoms with Crippen molar-refractivity contribution >= 4 is 29.7 Å². The van der Waals surface area contributed by atoms with Gasteiger partial charge in [0.15, 0.2) is 0 Å². The van der Waals surface area contributed by atoms with Crippen molar-refractivity contribution in [3.05, 3.63) is 0 Å². The van der Waals surface area contributed by atoms with Crippen LogP contribution in [-0.2, 0) is 9.59 Å². The number of amides is 3. The standard InChI is InChI=1S/C12H23N3O4S/c1-12(2,10(17)18)5-6-14-9(16)8(4-7-20-3)15-11(13)19/h8H,4-7H2,1-3H3,(H,14,16)(H,17,18)(H3,13,15,19). The maximum absolute atomic E-state index is 11.9. The molecule has 8 heteroatoms. The molecule has 0 saturated heterocycles. The molecule has 0 saturated carbocycles. The van der Waals surface area contributed by atoms with E-state index in [0.29, 0.717) is 18.6 Å². The van der Waals surface area contributed by atoms with Crippen molar-refractivity contribution < 1.29 is 19.5 Å². The Bertz CT molecular complexity index is 361. The highest BCUT2D eigenvalue weighted by atomic mass is 32.2. The number of aliphatic carboxylic acids is 1. The normalized spacial score (nSPS) is 12.6. The van der Waals surface area contributed by atoms with Gasteiger partial charge in [-0.1, -0.05) is 0 Å². The lowest BCUT2D eigenvalue weighted by Crippen LogP contribution is -2.49. The van der Waals surface area contributed by atoms with Crippen molar-refractivity contribution in [1.29, 1.82) is 0 Å². The van der Waals surface area contributed by atoms with Crippen LogP contribution in [0.5, 0.6) is 0 Å². The first-order valence-corrected chi connectivity index (χ1v) is 7.66. The SMILES string of the molecule is CSCCC(NC(N)=O)C(=O)NCCC(C)(C)C(=O)O. The van der Waals surface area contributed by atoms with E-state index >= 15 is 0 Å². The lowest BCUT2D eigenvalue weighted by atomic mass is 9.89. The number of primary amides is 1. The second-order valence-electron chi connectivity index (χ2n) is 5.07. The van der Waals surface area contributed by atoms with Gasteiger partial charge in [0.1, 0.15) is 6.04 Å². The zero-order valence-electron chi connectivity index (χ0n) is 12.1. The smallest absolute Gasteiger partial charge is 0.312 e. The van der Waals surface area contributed by atoms with Crippen molar-refractivity contribution in [3.63, 3.8) is 0 Å². The summed E-state index contributed by atoms with van der Waals surface area (Å²) in [5.74, 6) is -0.557. The van der Waals surface area contributed by atoms with Crippen LogP contribution in [0, 0.1) is 5.41 Å². The Hall–Kier alpha value is -1.44. The highest BCUT2D eigenvalue weighted by molar-refractivity contribution is 7.98. The molecule has 0 spiro atoms. The molecule has 0 aromatic heterocycles. The molecule has 3 amide bonds. The topological polar surface area (TPSA) is 122 Å². The molecule has 0 rings (SSSR count). The van der Waals surface area contributed by atoms with Crippen LogP contribution < -0.4 is 16.4 Å². The summed E-state index contributed by atoms with van der Waals surface area (Å²) < 4.78 is 0. The van der Waals surface area contributed by atoms with Gasteiger partial charge in [0.05, 0.1) is 5.41 Å². The van der Waals surface area contributed by atoms with Gasteiger partial charge in [-0.2, -0.15) is 11.8 Å². The lowest BCUT2D eigenvalue weighted by molar-refractivity contribution is -0.147. The molecule has 0 aromatic carbocycles. The summed E-state index contributed by atoms with van der Waals surface area (Å²) in [5, 5.41) is 14.0. The zero-order chi connectivity index (χ0) is 15.8. The number of carbonyl (C=O) groups is 3. The molecule has 7 nitrogen and oxygen atoms in total. The van der Waals surface area contributed by atoms with E-state index in [1.807, 2.05) is 6.26 Å². The Morgan fingerprint density at radius 3 is 2.40 bits per heavy atom. The van der Waals surface area contributed by atoms with Crippen LogP contribution in [-0.4, -0.2) is 47.6 Å². The lowest BCUT2D eigenvalue weighted by Gasteiger charge is -2.21. The first kappa shape index (κ1) is 18.6. The molecule has 0 aliphatic carbocycles. The number of nitrogens with one attached hydrogen (secondary N) is 2. The van der Waals surface area contributed by atoms with Gasteiger partial charge in [-0.3, -0.25) is 9.59 Å². The predicted molar refractivity (Wildman–Crippen MR) is 78.5 cm³/mol. The van der Waals surface area contributed by atoms with Gasteiger partial charge < -0.3 is 21.5 Å². The molecular formula is C12H23N3O4S. The Balaban J connectivity index is 4.32.